The van der Waals surface area contributed by atoms with E-state index in [-0.39, 0.29) is 11.4 Å². The Morgan fingerprint density at radius 3 is 2.71 bits per heavy atom. The summed E-state index contributed by atoms with van der Waals surface area (Å²) in [6.45, 7) is 0. The minimum Gasteiger partial charge on any atom is -0.478 e. The van der Waals surface area contributed by atoms with Crippen LogP contribution in [0.25, 0.3) is 6.08 Å². The molecule has 0 fully saturated rings. The highest BCUT2D eigenvalue weighted by molar-refractivity contribution is 6.04. The Hall–Kier alpha value is -3.22. The minimum atomic E-state index is -1.07. The SMILES string of the molecule is O=C(O)/C=C/c1cccc(C(=O)Nc2ccc(=O)[nH]n2)c1. The number of hydrogen-bond donors (Lipinski definition) is 3. The number of carbonyl (C=O) groups excluding carboxylic acids is 1. The van der Waals surface area contributed by atoms with Crippen molar-refractivity contribution in [2.45, 2.75) is 0 Å². The lowest BCUT2D eigenvalue weighted by molar-refractivity contribution is -0.131. The van der Waals surface area contributed by atoms with Crippen LogP contribution in [-0.2, 0) is 4.79 Å². The molecule has 1 amide bonds. The van der Waals surface area contributed by atoms with Crippen LogP contribution in [0.15, 0.2) is 47.3 Å². The van der Waals surface area contributed by atoms with Crippen molar-refractivity contribution >= 4 is 23.8 Å². The summed E-state index contributed by atoms with van der Waals surface area (Å²) in [5.41, 5.74) is 0.559. The van der Waals surface area contributed by atoms with Gasteiger partial charge in [-0.3, -0.25) is 9.59 Å². The molecule has 0 unspecified atom stereocenters. The molecule has 0 saturated carbocycles. The predicted octanol–water partition coefficient (Wildman–Crippen LogP) is 1.12. The fourth-order valence-corrected chi connectivity index (χ4v) is 1.55. The molecule has 7 nitrogen and oxygen atoms in total. The molecule has 1 aromatic heterocycles. The molecule has 0 saturated heterocycles. The molecule has 7 heteroatoms. The van der Waals surface area contributed by atoms with Crippen molar-refractivity contribution < 1.29 is 14.7 Å². The number of anilines is 1. The van der Waals surface area contributed by atoms with Gasteiger partial charge in [0.1, 0.15) is 0 Å². The number of benzene rings is 1. The lowest BCUT2D eigenvalue weighted by Gasteiger charge is -2.04. The second-order valence-electron chi connectivity index (χ2n) is 4.06. The Bertz CT molecular complexity index is 744. The van der Waals surface area contributed by atoms with E-state index in [1.807, 2.05) is 0 Å². The zero-order chi connectivity index (χ0) is 15.2. The molecule has 21 heavy (non-hydrogen) atoms. The van der Waals surface area contributed by atoms with Gasteiger partial charge in [-0.05, 0) is 29.8 Å². The first-order valence-corrected chi connectivity index (χ1v) is 5.93. The maximum absolute atomic E-state index is 12.0. The third-order valence-electron chi connectivity index (χ3n) is 2.49. The Kier molecular flexibility index (Phi) is 4.25. The Morgan fingerprint density at radius 2 is 2.05 bits per heavy atom. The summed E-state index contributed by atoms with van der Waals surface area (Å²) in [7, 11) is 0. The minimum absolute atomic E-state index is 0.214. The monoisotopic (exact) mass is 285 g/mol. The average Bonchev–Trinajstić information content (AvgIpc) is 2.48. The molecule has 0 aliphatic heterocycles. The molecular weight excluding hydrogens is 274 g/mol. The highest BCUT2D eigenvalue weighted by Gasteiger charge is 2.07. The Morgan fingerprint density at radius 1 is 1.24 bits per heavy atom. The van der Waals surface area contributed by atoms with E-state index in [1.54, 1.807) is 24.3 Å². The van der Waals surface area contributed by atoms with Crippen LogP contribution >= 0.6 is 0 Å². The highest BCUT2D eigenvalue weighted by atomic mass is 16.4. The zero-order valence-electron chi connectivity index (χ0n) is 10.7. The van der Waals surface area contributed by atoms with Gasteiger partial charge >= 0.3 is 5.97 Å². The summed E-state index contributed by atoms with van der Waals surface area (Å²) in [6, 6.07) is 9.06. The Balaban J connectivity index is 2.15. The van der Waals surface area contributed by atoms with Crippen molar-refractivity contribution in [1.29, 1.82) is 0 Å². The second-order valence-corrected chi connectivity index (χ2v) is 4.06. The van der Waals surface area contributed by atoms with Crippen LogP contribution in [0, 0.1) is 0 Å². The summed E-state index contributed by atoms with van der Waals surface area (Å²) in [5, 5.41) is 17.0. The molecule has 0 aliphatic carbocycles. The summed E-state index contributed by atoms with van der Waals surface area (Å²) in [4.78, 5) is 33.3. The zero-order valence-corrected chi connectivity index (χ0v) is 10.7. The van der Waals surface area contributed by atoms with E-state index < -0.39 is 11.9 Å². The van der Waals surface area contributed by atoms with Crippen LogP contribution in [0.2, 0.25) is 0 Å². The normalized spacial score (nSPS) is 10.5. The molecule has 0 spiro atoms. The predicted molar refractivity (Wildman–Crippen MR) is 75.9 cm³/mol. The highest BCUT2D eigenvalue weighted by Crippen LogP contribution is 2.09. The summed E-state index contributed by atoms with van der Waals surface area (Å²) < 4.78 is 0. The van der Waals surface area contributed by atoms with Gasteiger partial charge in [0.05, 0.1) is 0 Å². The van der Waals surface area contributed by atoms with E-state index in [0.717, 1.165) is 6.08 Å². The quantitative estimate of drug-likeness (QED) is 0.729. The Labute approximate surface area is 118 Å². The number of rotatable bonds is 4. The van der Waals surface area contributed by atoms with Gasteiger partial charge in [0.25, 0.3) is 11.5 Å². The number of aromatic nitrogens is 2. The van der Waals surface area contributed by atoms with E-state index in [4.69, 9.17) is 5.11 Å². The van der Waals surface area contributed by atoms with Crippen molar-refractivity contribution in [2.75, 3.05) is 5.32 Å². The molecule has 0 radical (unpaired) electrons. The van der Waals surface area contributed by atoms with Crippen LogP contribution in [0.1, 0.15) is 15.9 Å². The number of carboxylic acid groups (broad SMARTS) is 1. The number of aliphatic carboxylic acids is 1. The molecule has 0 aliphatic rings. The number of amides is 1. The van der Waals surface area contributed by atoms with E-state index in [0.29, 0.717) is 11.1 Å². The van der Waals surface area contributed by atoms with Crippen molar-refractivity contribution in [3.8, 4) is 0 Å². The maximum atomic E-state index is 12.0. The smallest absolute Gasteiger partial charge is 0.328 e. The number of aromatic amines is 1. The van der Waals surface area contributed by atoms with Crippen LogP contribution in [-0.4, -0.2) is 27.2 Å². The van der Waals surface area contributed by atoms with E-state index in [2.05, 4.69) is 15.5 Å². The third kappa shape index (κ3) is 4.13. The van der Waals surface area contributed by atoms with Gasteiger partial charge < -0.3 is 10.4 Å². The summed E-state index contributed by atoms with van der Waals surface area (Å²) in [5.74, 6) is -1.27. The standard InChI is InChI=1S/C14H11N3O4/c18-12-6-5-11(16-17-12)15-14(21)10-3-1-2-9(8-10)4-7-13(19)20/h1-8H,(H,17,18)(H,19,20)(H,15,16,21)/b7-4+. The molecule has 3 N–H and O–H groups in total. The molecular formula is C14H11N3O4. The van der Waals surface area contributed by atoms with E-state index >= 15 is 0 Å². The van der Waals surface area contributed by atoms with Gasteiger partial charge in [0, 0.05) is 17.7 Å². The number of carboxylic acids is 1. The maximum Gasteiger partial charge on any atom is 0.328 e. The lowest BCUT2D eigenvalue weighted by Crippen LogP contribution is -2.15. The van der Waals surface area contributed by atoms with Crippen LogP contribution in [0.5, 0.6) is 0 Å². The van der Waals surface area contributed by atoms with E-state index in [1.165, 1.54) is 18.2 Å². The number of carbonyl (C=O) groups is 2. The molecule has 1 heterocycles. The number of hydrogen-bond acceptors (Lipinski definition) is 4. The summed E-state index contributed by atoms with van der Waals surface area (Å²) in [6.07, 6.45) is 2.37. The fraction of sp³-hybridized carbons (Fsp3) is 0. The van der Waals surface area contributed by atoms with Crippen molar-refractivity contribution in [3.05, 3.63) is 64.0 Å². The topological polar surface area (TPSA) is 112 Å². The van der Waals surface area contributed by atoms with Gasteiger partial charge in [0.15, 0.2) is 5.82 Å². The van der Waals surface area contributed by atoms with Crippen LogP contribution < -0.4 is 10.9 Å². The van der Waals surface area contributed by atoms with Crippen molar-refractivity contribution in [2.24, 2.45) is 0 Å². The molecule has 0 bridgehead atoms. The summed E-state index contributed by atoms with van der Waals surface area (Å²) >= 11 is 0. The fourth-order valence-electron chi connectivity index (χ4n) is 1.55. The van der Waals surface area contributed by atoms with Crippen molar-refractivity contribution in [1.82, 2.24) is 10.2 Å². The molecule has 1 aromatic carbocycles. The first-order chi connectivity index (χ1) is 10.0. The molecule has 106 valence electrons. The van der Waals surface area contributed by atoms with E-state index in [9.17, 15) is 14.4 Å². The molecule has 2 aromatic rings. The average molecular weight is 285 g/mol. The lowest BCUT2D eigenvalue weighted by atomic mass is 10.1. The number of nitrogens with zero attached hydrogens (tertiary/aromatic N) is 1. The molecule has 0 atom stereocenters. The van der Waals surface area contributed by atoms with Crippen LogP contribution in [0.4, 0.5) is 5.82 Å². The van der Waals surface area contributed by atoms with Gasteiger partial charge in [-0.1, -0.05) is 12.1 Å². The van der Waals surface area contributed by atoms with Gasteiger partial charge in [-0.2, -0.15) is 5.10 Å². The molecule has 2 rings (SSSR count). The van der Waals surface area contributed by atoms with Gasteiger partial charge in [-0.25, -0.2) is 9.89 Å². The largest absolute Gasteiger partial charge is 0.478 e. The van der Waals surface area contributed by atoms with Crippen LogP contribution in [0.3, 0.4) is 0 Å². The number of H-pyrrole nitrogens is 1. The second kappa shape index (κ2) is 6.29. The number of nitrogens with one attached hydrogen (secondary N) is 2. The first-order valence-electron chi connectivity index (χ1n) is 5.93. The first kappa shape index (κ1) is 14.2. The van der Waals surface area contributed by atoms with Gasteiger partial charge in [-0.15, -0.1) is 0 Å². The van der Waals surface area contributed by atoms with Crippen molar-refractivity contribution in [3.63, 3.8) is 0 Å². The van der Waals surface area contributed by atoms with Gasteiger partial charge in [0.2, 0.25) is 0 Å². The third-order valence-corrected chi connectivity index (χ3v) is 2.49.